The lowest BCUT2D eigenvalue weighted by Gasteiger charge is -2.42. The Morgan fingerprint density at radius 2 is 2.23 bits per heavy atom. The topological polar surface area (TPSA) is 36.4 Å². The van der Waals surface area contributed by atoms with Gasteiger partial charge in [0.05, 0.1) is 6.54 Å². The zero-order chi connectivity index (χ0) is 16.5. The minimum Gasteiger partial charge on any atom is -0.346 e. The molecule has 0 N–H and O–H groups in total. The third-order valence-electron chi connectivity index (χ3n) is 4.02. The Morgan fingerprint density at radius 3 is 2.86 bits per heavy atom. The third-order valence-corrected chi connectivity index (χ3v) is 4.46. The van der Waals surface area contributed by atoms with Crippen LogP contribution in [0.3, 0.4) is 0 Å². The number of rotatable bonds is 3. The summed E-state index contributed by atoms with van der Waals surface area (Å²) in [6, 6.07) is 3.48. The third kappa shape index (κ3) is 3.94. The van der Waals surface area contributed by atoms with Gasteiger partial charge < -0.3 is 9.80 Å². The number of alkyl halides is 2. The zero-order valence-corrected chi connectivity index (χ0v) is 14.5. The average molecular weight is 376 g/mol. The largest absolute Gasteiger partial charge is 0.346 e. The molecule has 22 heavy (non-hydrogen) atoms. The summed E-state index contributed by atoms with van der Waals surface area (Å²) in [5.41, 5.74) is 0.844. The molecule has 1 aliphatic rings. The van der Waals surface area contributed by atoms with Crippen molar-refractivity contribution < 1.29 is 13.6 Å². The number of piperidine rings is 1. The molecule has 0 aromatic carbocycles. The number of carbonyl (C=O) groups is 1. The van der Waals surface area contributed by atoms with Crippen LogP contribution in [0.1, 0.15) is 25.3 Å². The highest BCUT2D eigenvalue weighted by Crippen LogP contribution is 2.34. The lowest BCUT2D eigenvalue weighted by atomic mass is 9.98. The van der Waals surface area contributed by atoms with Gasteiger partial charge in [-0.3, -0.25) is 4.79 Å². The van der Waals surface area contributed by atoms with E-state index in [1.165, 1.54) is 6.92 Å². The summed E-state index contributed by atoms with van der Waals surface area (Å²) >= 11 is 3.30. The van der Waals surface area contributed by atoms with Crippen LogP contribution in [0.15, 0.2) is 16.7 Å². The lowest BCUT2D eigenvalue weighted by molar-refractivity contribution is -0.127. The number of amides is 1. The van der Waals surface area contributed by atoms with Gasteiger partial charge in [-0.25, -0.2) is 13.8 Å². The van der Waals surface area contributed by atoms with E-state index >= 15 is 0 Å². The predicted octanol–water partition coefficient (Wildman–Crippen LogP) is 3.23. The summed E-state index contributed by atoms with van der Waals surface area (Å²) in [5.74, 6) is -2.26. The molecular formula is C15H20BrF2N3O. The maximum atomic E-state index is 13.9. The standard InChI is InChI=1S/C15H20BrF2N3O/c1-10-4-5-13(16)19-14(10)21-9-15(17,18)7-6-12(21)8-20(3)11(2)22/h4-5,12H,6-9H2,1-3H3/t12-/m1/s1. The van der Waals surface area contributed by atoms with Crippen molar-refractivity contribution in [2.75, 3.05) is 25.0 Å². The summed E-state index contributed by atoms with van der Waals surface area (Å²) in [6.07, 6.45) is 0.172. The van der Waals surface area contributed by atoms with Gasteiger partial charge in [0.25, 0.3) is 5.92 Å². The molecule has 0 spiro atoms. The second-order valence-electron chi connectivity index (χ2n) is 5.85. The Labute approximate surface area is 137 Å². The number of hydrogen-bond acceptors (Lipinski definition) is 3. The number of pyridine rings is 1. The minimum atomic E-state index is -2.73. The van der Waals surface area contributed by atoms with E-state index < -0.39 is 5.92 Å². The van der Waals surface area contributed by atoms with E-state index in [4.69, 9.17) is 0 Å². The number of hydrogen-bond donors (Lipinski definition) is 0. The van der Waals surface area contributed by atoms with E-state index in [1.54, 1.807) is 22.9 Å². The SMILES string of the molecule is CC(=O)N(C)C[C@H]1CCC(F)(F)CN1c1nc(Br)ccc1C. The molecule has 1 atom stereocenters. The maximum absolute atomic E-state index is 13.9. The second kappa shape index (κ2) is 6.48. The molecule has 0 saturated carbocycles. The van der Waals surface area contributed by atoms with E-state index in [-0.39, 0.29) is 24.9 Å². The van der Waals surface area contributed by atoms with Crippen molar-refractivity contribution in [3.05, 3.63) is 22.3 Å². The molecule has 122 valence electrons. The molecule has 1 aromatic rings. The molecule has 1 aliphatic heterocycles. The van der Waals surface area contributed by atoms with Gasteiger partial charge >= 0.3 is 0 Å². The summed E-state index contributed by atoms with van der Waals surface area (Å²) in [5, 5.41) is 0. The highest BCUT2D eigenvalue weighted by molar-refractivity contribution is 9.10. The first-order valence-electron chi connectivity index (χ1n) is 7.19. The first-order valence-corrected chi connectivity index (χ1v) is 7.98. The van der Waals surface area contributed by atoms with Gasteiger partial charge in [-0.1, -0.05) is 6.07 Å². The fourth-order valence-corrected chi connectivity index (χ4v) is 2.96. The monoisotopic (exact) mass is 375 g/mol. The maximum Gasteiger partial charge on any atom is 0.265 e. The van der Waals surface area contributed by atoms with Gasteiger partial charge in [0.15, 0.2) is 0 Å². The summed E-state index contributed by atoms with van der Waals surface area (Å²) in [7, 11) is 1.69. The fraction of sp³-hybridized carbons (Fsp3) is 0.600. The van der Waals surface area contributed by atoms with Crippen LogP contribution in [0.4, 0.5) is 14.6 Å². The van der Waals surface area contributed by atoms with Crippen LogP contribution in [0.2, 0.25) is 0 Å². The average Bonchev–Trinajstić information content (AvgIpc) is 2.43. The Bertz CT molecular complexity index is 568. The van der Waals surface area contributed by atoms with Crippen molar-refractivity contribution in [1.82, 2.24) is 9.88 Å². The molecule has 0 aliphatic carbocycles. The number of likely N-dealkylation sites (N-methyl/N-ethyl adjacent to an activating group) is 1. The Morgan fingerprint density at radius 1 is 1.55 bits per heavy atom. The summed E-state index contributed by atoms with van der Waals surface area (Å²) in [4.78, 5) is 19.0. The molecule has 1 amide bonds. The van der Waals surface area contributed by atoms with Crippen molar-refractivity contribution in [2.24, 2.45) is 0 Å². The van der Waals surface area contributed by atoms with Gasteiger partial charge in [0.2, 0.25) is 5.91 Å². The van der Waals surface area contributed by atoms with E-state index in [9.17, 15) is 13.6 Å². The minimum absolute atomic E-state index is 0.0730. The van der Waals surface area contributed by atoms with Crippen molar-refractivity contribution >= 4 is 27.7 Å². The molecule has 0 bridgehead atoms. The number of aryl methyl sites for hydroxylation is 1. The molecule has 1 fully saturated rings. The first-order chi connectivity index (χ1) is 10.2. The Kier molecular flexibility index (Phi) is 5.04. The van der Waals surface area contributed by atoms with E-state index in [0.717, 1.165) is 5.56 Å². The summed E-state index contributed by atoms with van der Waals surface area (Å²) < 4.78 is 28.4. The molecule has 1 aromatic heterocycles. The van der Waals surface area contributed by atoms with Gasteiger partial charge in [0.1, 0.15) is 10.4 Å². The van der Waals surface area contributed by atoms with Gasteiger partial charge in [-0.15, -0.1) is 0 Å². The van der Waals surface area contributed by atoms with E-state index in [0.29, 0.717) is 23.4 Å². The van der Waals surface area contributed by atoms with Gasteiger partial charge in [-0.05, 0) is 40.9 Å². The quantitative estimate of drug-likeness (QED) is 0.760. The Hall–Kier alpha value is -1.24. The highest BCUT2D eigenvalue weighted by Gasteiger charge is 2.41. The molecule has 1 saturated heterocycles. The van der Waals surface area contributed by atoms with E-state index in [2.05, 4.69) is 20.9 Å². The van der Waals surface area contributed by atoms with Crippen LogP contribution in [0, 0.1) is 6.92 Å². The van der Waals surface area contributed by atoms with E-state index in [1.807, 2.05) is 13.0 Å². The van der Waals surface area contributed by atoms with Gasteiger partial charge in [-0.2, -0.15) is 0 Å². The van der Waals surface area contributed by atoms with Crippen LogP contribution in [0.25, 0.3) is 0 Å². The summed E-state index contributed by atoms with van der Waals surface area (Å²) in [6.45, 7) is 3.38. The van der Waals surface area contributed by atoms with Crippen molar-refractivity contribution in [3.63, 3.8) is 0 Å². The number of halogens is 3. The molecule has 7 heteroatoms. The predicted molar refractivity (Wildman–Crippen MR) is 85.3 cm³/mol. The van der Waals surface area contributed by atoms with Crippen molar-refractivity contribution in [1.29, 1.82) is 0 Å². The normalized spacial score (nSPS) is 20.8. The van der Waals surface area contributed by atoms with Crippen molar-refractivity contribution in [2.45, 2.75) is 38.7 Å². The smallest absolute Gasteiger partial charge is 0.265 e. The molecule has 0 unspecified atom stereocenters. The van der Waals surface area contributed by atoms with Crippen LogP contribution in [-0.2, 0) is 4.79 Å². The number of carbonyl (C=O) groups excluding carboxylic acids is 1. The molecule has 2 rings (SSSR count). The lowest BCUT2D eigenvalue weighted by Crippen LogP contribution is -2.53. The highest BCUT2D eigenvalue weighted by atomic mass is 79.9. The van der Waals surface area contributed by atoms with Crippen LogP contribution in [0.5, 0.6) is 0 Å². The second-order valence-corrected chi connectivity index (χ2v) is 6.66. The molecular weight excluding hydrogens is 356 g/mol. The first kappa shape index (κ1) is 17.1. The van der Waals surface area contributed by atoms with Crippen LogP contribution >= 0.6 is 15.9 Å². The van der Waals surface area contributed by atoms with Crippen molar-refractivity contribution in [3.8, 4) is 0 Å². The van der Waals surface area contributed by atoms with Crippen LogP contribution in [-0.4, -0.2) is 47.9 Å². The number of nitrogens with zero attached hydrogens (tertiary/aromatic N) is 3. The fourth-order valence-electron chi connectivity index (χ4n) is 2.66. The zero-order valence-electron chi connectivity index (χ0n) is 12.9. The Balaban J connectivity index is 2.31. The number of aromatic nitrogens is 1. The van der Waals surface area contributed by atoms with Gasteiger partial charge in [0, 0.05) is 33.0 Å². The molecule has 0 radical (unpaired) electrons. The number of anilines is 1. The molecule has 2 heterocycles. The van der Waals surface area contributed by atoms with Crippen LogP contribution < -0.4 is 4.90 Å². The molecule has 4 nitrogen and oxygen atoms in total.